The molecular formula is C7H10O4. The number of aliphatic hydroxyl groups is 4. The molecule has 0 aromatic rings. The molecule has 1 rings (SSSR count). The van der Waals surface area contributed by atoms with Crippen molar-refractivity contribution < 1.29 is 20.4 Å². The third kappa shape index (κ3) is 1.22. The first kappa shape index (κ1) is 8.10. The van der Waals surface area contributed by atoms with Gasteiger partial charge in [0.25, 0.3) is 0 Å². The molecule has 0 radical (unpaired) electrons. The van der Waals surface area contributed by atoms with Gasteiger partial charge in [-0.3, -0.25) is 0 Å². The molecule has 1 unspecified atom stereocenters. The summed E-state index contributed by atoms with van der Waals surface area (Å²) in [5, 5.41) is 36.0. The Morgan fingerprint density at radius 3 is 2.36 bits per heavy atom. The monoisotopic (exact) mass is 158 g/mol. The minimum atomic E-state index is -1.18. The molecular weight excluding hydrogens is 148 g/mol. The van der Waals surface area contributed by atoms with Gasteiger partial charge in [-0.15, -0.1) is 0 Å². The van der Waals surface area contributed by atoms with Crippen LogP contribution in [0.15, 0.2) is 23.7 Å². The van der Waals surface area contributed by atoms with Gasteiger partial charge in [0.2, 0.25) is 0 Å². The zero-order valence-electron chi connectivity index (χ0n) is 5.86. The van der Waals surface area contributed by atoms with Crippen LogP contribution in [0.25, 0.3) is 0 Å². The first-order valence-electron chi connectivity index (χ1n) is 3.20. The zero-order valence-corrected chi connectivity index (χ0v) is 5.86. The smallest absolute Gasteiger partial charge is 0.158 e. The molecule has 4 N–H and O–H groups in total. The number of rotatable bonds is 0. The van der Waals surface area contributed by atoms with Crippen LogP contribution in [0, 0.1) is 0 Å². The number of hydrogen-bond donors (Lipinski definition) is 4. The molecule has 0 spiro atoms. The molecule has 0 bridgehead atoms. The van der Waals surface area contributed by atoms with Crippen molar-refractivity contribution in [1.29, 1.82) is 0 Å². The van der Waals surface area contributed by atoms with E-state index < -0.39 is 18.0 Å². The van der Waals surface area contributed by atoms with Crippen LogP contribution in [-0.4, -0.2) is 32.6 Å². The summed E-state index contributed by atoms with van der Waals surface area (Å²) in [7, 11) is 0. The highest BCUT2D eigenvalue weighted by Gasteiger charge is 2.30. The van der Waals surface area contributed by atoms with Gasteiger partial charge in [-0.2, -0.15) is 0 Å². The number of aliphatic hydroxyl groups excluding tert-OH is 4. The largest absolute Gasteiger partial charge is 0.508 e. The van der Waals surface area contributed by atoms with E-state index >= 15 is 0 Å². The SMILES string of the molecule is C=C1C(O)=C(O)C[C@H](O)C1O. The molecule has 0 amide bonds. The molecule has 0 fully saturated rings. The molecule has 0 saturated carbocycles. The molecule has 0 saturated heterocycles. The Morgan fingerprint density at radius 1 is 1.27 bits per heavy atom. The van der Waals surface area contributed by atoms with Crippen molar-refractivity contribution in [1.82, 2.24) is 0 Å². The lowest BCUT2D eigenvalue weighted by Crippen LogP contribution is -2.32. The van der Waals surface area contributed by atoms with Crippen molar-refractivity contribution >= 4 is 0 Å². The standard InChI is InChI=1S/C7H10O4/c1-3-6(10)4(8)2-5(9)7(3)11/h4,6,8-11H,1-2H2/t4-,6?/m0/s1. The lowest BCUT2D eigenvalue weighted by atomic mass is 9.94. The normalized spacial score (nSPS) is 32.7. The fraction of sp³-hybridized carbons (Fsp3) is 0.429. The first-order valence-corrected chi connectivity index (χ1v) is 3.20. The Hall–Kier alpha value is -1.00. The highest BCUT2D eigenvalue weighted by atomic mass is 16.3. The minimum absolute atomic E-state index is 0.0405. The Morgan fingerprint density at radius 2 is 1.82 bits per heavy atom. The summed E-state index contributed by atoms with van der Waals surface area (Å²) in [4.78, 5) is 0. The van der Waals surface area contributed by atoms with Crippen molar-refractivity contribution in [3.63, 3.8) is 0 Å². The van der Waals surface area contributed by atoms with Crippen molar-refractivity contribution in [3.05, 3.63) is 23.7 Å². The second-order valence-corrected chi connectivity index (χ2v) is 2.54. The summed E-state index contributed by atoms with van der Waals surface area (Å²) in [5.74, 6) is -0.740. The lowest BCUT2D eigenvalue weighted by molar-refractivity contribution is 0.0235. The fourth-order valence-electron chi connectivity index (χ4n) is 0.964. The quantitative estimate of drug-likeness (QED) is 0.400. The lowest BCUT2D eigenvalue weighted by Gasteiger charge is -2.24. The van der Waals surface area contributed by atoms with E-state index in [9.17, 15) is 0 Å². The molecule has 2 atom stereocenters. The van der Waals surface area contributed by atoms with Gasteiger partial charge in [0, 0.05) is 12.0 Å². The van der Waals surface area contributed by atoms with Gasteiger partial charge in [-0.1, -0.05) is 6.58 Å². The summed E-state index contributed by atoms with van der Waals surface area (Å²) in [6.07, 6.45) is -2.38. The molecule has 0 aromatic heterocycles. The van der Waals surface area contributed by atoms with Gasteiger partial charge < -0.3 is 20.4 Å². The molecule has 1 aliphatic rings. The summed E-state index contributed by atoms with van der Waals surface area (Å²) in [5.41, 5.74) is -0.0405. The zero-order chi connectivity index (χ0) is 8.59. The van der Waals surface area contributed by atoms with Crippen LogP contribution in [0.1, 0.15) is 6.42 Å². The Balaban J connectivity index is 2.95. The predicted molar refractivity (Wildman–Crippen MR) is 38.1 cm³/mol. The van der Waals surface area contributed by atoms with Gasteiger partial charge in [0.05, 0.1) is 6.10 Å². The van der Waals surface area contributed by atoms with Crippen molar-refractivity contribution in [3.8, 4) is 0 Å². The van der Waals surface area contributed by atoms with Crippen LogP contribution in [0.5, 0.6) is 0 Å². The van der Waals surface area contributed by atoms with E-state index in [0.29, 0.717) is 0 Å². The average molecular weight is 158 g/mol. The maximum atomic E-state index is 9.08. The van der Waals surface area contributed by atoms with Gasteiger partial charge in [-0.05, 0) is 0 Å². The van der Waals surface area contributed by atoms with Gasteiger partial charge >= 0.3 is 0 Å². The van der Waals surface area contributed by atoms with Crippen LogP contribution in [0.4, 0.5) is 0 Å². The topological polar surface area (TPSA) is 80.9 Å². The van der Waals surface area contributed by atoms with Gasteiger partial charge in [0.1, 0.15) is 11.9 Å². The second kappa shape index (κ2) is 2.56. The molecule has 0 aliphatic heterocycles. The fourth-order valence-corrected chi connectivity index (χ4v) is 0.964. The van der Waals surface area contributed by atoms with E-state index in [0.717, 1.165) is 0 Å². The minimum Gasteiger partial charge on any atom is -0.508 e. The third-order valence-electron chi connectivity index (χ3n) is 1.70. The Labute approximate surface area is 63.7 Å². The van der Waals surface area contributed by atoms with Crippen LogP contribution in [0.2, 0.25) is 0 Å². The highest BCUT2D eigenvalue weighted by molar-refractivity contribution is 5.32. The second-order valence-electron chi connectivity index (χ2n) is 2.54. The highest BCUT2D eigenvalue weighted by Crippen LogP contribution is 2.25. The summed E-state index contributed by atoms with van der Waals surface area (Å²) >= 11 is 0. The van der Waals surface area contributed by atoms with Crippen molar-refractivity contribution in [2.75, 3.05) is 0 Å². The molecule has 4 heteroatoms. The van der Waals surface area contributed by atoms with Crippen LogP contribution >= 0.6 is 0 Å². The van der Waals surface area contributed by atoms with E-state index in [1.165, 1.54) is 0 Å². The van der Waals surface area contributed by atoms with E-state index in [2.05, 4.69) is 6.58 Å². The van der Waals surface area contributed by atoms with Crippen molar-refractivity contribution in [2.24, 2.45) is 0 Å². The maximum Gasteiger partial charge on any atom is 0.158 e. The Kier molecular flexibility index (Phi) is 1.89. The molecule has 11 heavy (non-hydrogen) atoms. The summed E-state index contributed by atoms with van der Waals surface area (Å²) in [6, 6.07) is 0. The van der Waals surface area contributed by atoms with E-state index in [4.69, 9.17) is 20.4 Å². The summed E-state index contributed by atoms with van der Waals surface area (Å²) < 4.78 is 0. The Bertz CT molecular complexity index is 218. The molecule has 0 aromatic carbocycles. The molecule has 62 valence electrons. The first-order chi connectivity index (χ1) is 5.04. The maximum absolute atomic E-state index is 9.08. The van der Waals surface area contributed by atoms with Gasteiger partial charge in [-0.25, -0.2) is 0 Å². The summed E-state index contributed by atoms with van der Waals surface area (Å²) in [6.45, 7) is 3.30. The predicted octanol–water partition coefficient (Wildman–Crippen LogP) is -0.00430. The molecule has 4 nitrogen and oxygen atoms in total. The van der Waals surface area contributed by atoms with Gasteiger partial charge in [0.15, 0.2) is 5.76 Å². The molecule has 1 aliphatic carbocycles. The van der Waals surface area contributed by atoms with E-state index in [1.54, 1.807) is 0 Å². The van der Waals surface area contributed by atoms with E-state index in [1.807, 2.05) is 0 Å². The molecule has 0 heterocycles. The van der Waals surface area contributed by atoms with Crippen molar-refractivity contribution in [2.45, 2.75) is 18.6 Å². The number of hydrogen-bond acceptors (Lipinski definition) is 4. The third-order valence-corrected chi connectivity index (χ3v) is 1.70. The van der Waals surface area contributed by atoms with Crippen LogP contribution < -0.4 is 0 Å². The van der Waals surface area contributed by atoms with Crippen LogP contribution in [-0.2, 0) is 0 Å². The van der Waals surface area contributed by atoms with E-state index in [-0.39, 0.29) is 17.8 Å². The average Bonchev–Trinajstić information content (AvgIpc) is 1.97. The van der Waals surface area contributed by atoms with Crippen LogP contribution in [0.3, 0.4) is 0 Å².